The molecule has 8 heteroatoms. The summed E-state index contributed by atoms with van der Waals surface area (Å²) in [7, 11) is -2.32. The third kappa shape index (κ3) is 2.86. The summed E-state index contributed by atoms with van der Waals surface area (Å²) >= 11 is 5.95. The first-order valence-electron chi connectivity index (χ1n) is 6.28. The Kier molecular flexibility index (Phi) is 4.19. The van der Waals surface area contributed by atoms with Crippen LogP contribution < -0.4 is 4.74 Å². The van der Waals surface area contributed by atoms with Crippen LogP contribution in [0, 0.1) is 5.41 Å². The number of methoxy groups -OCH3 is 1. The van der Waals surface area contributed by atoms with E-state index in [2.05, 4.69) is 0 Å². The van der Waals surface area contributed by atoms with Crippen LogP contribution in [-0.4, -0.2) is 44.0 Å². The van der Waals surface area contributed by atoms with Gasteiger partial charge in [-0.15, -0.1) is 0 Å². The molecule has 1 heterocycles. The van der Waals surface area contributed by atoms with Crippen molar-refractivity contribution in [3.8, 4) is 5.75 Å². The average molecular weight is 334 g/mol. The third-order valence-electron chi connectivity index (χ3n) is 3.72. The van der Waals surface area contributed by atoms with Gasteiger partial charge in [-0.1, -0.05) is 11.6 Å². The molecular formula is C13H16ClNO5S. The first-order valence-corrected chi connectivity index (χ1v) is 8.09. The fourth-order valence-corrected chi connectivity index (χ4v) is 4.17. The smallest absolute Gasteiger partial charge is 0.310 e. The van der Waals surface area contributed by atoms with E-state index in [4.69, 9.17) is 16.3 Å². The van der Waals surface area contributed by atoms with E-state index in [1.54, 1.807) is 6.92 Å². The van der Waals surface area contributed by atoms with Crippen LogP contribution in [0.4, 0.5) is 0 Å². The van der Waals surface area contributed by atoms with E-state index in [9.17, 15) is 18.3 Å². The number of carbonyl (C=O) groups is 1. The second-order valence-electron chi connectivity index (χ2n) is 5.25. The number of carboxylic acid groups (broad SMARTS) is 1. The zero-order chi connectivity index (χ0) is 15.8. The SMILES string of the molecule is COc1ccc(S(=O)(=O)N2CCC(C)(C(=O)O)C2)cc1Cl. The molecular weight excluding hydrogens is 318 g/mol. The summed E-state index contributed by atoms with van der Waals surface area (Å²) in [6, 6.07) is 4.18. The quantitative estimate of drug-likeness (QED) is 0.908. The molecule has 0 saturated carbocycles. The molecule has 1 aromatic rings. The maximum Gasteiger partial charge on any atom is 0.310 e. The predicted octanol–water partition coefficient (Wildman–Crippen LogP) is 1.83. The molecule has 0 radical (unpaired) electrons. The van der Waals surface area contributed by atoms with Crippen molar-refractivity contribution in [1.29, 1.82) is 0 Å². The second kappa shape index (κ2) is 5.47. The summed E-state index contributed by atoms with van der Waals surface area (Å²) in [4.78, 5) is 11.2. The van der Waals surface area contributed by atoms with Crippen LogP contribution in [0.3, 0.4) is 0 Å². The molecule has 1 aliphatic rings. The maximum atomic E-state index is 12.5. The van der Waals surface area contributed by atoms with Crippen molar-refractivity contribution in [3.63, 3.8) is 0 Å². The highest BCUT2D eigenvalue weighted by Crippen LogP contribution is 2.35. The van der Waals surface area contributed by atoms with Crippen LogP contribution in [0.2, 0.25) is 5.02 Å². The van der Waals surface area contributed by atoms with Crippen LogP contribution in [0.1, 0.15) is 13.3 Å². The van der Waals surface area contributed by atoms with Crippen LogP contribution in [0.15, 0.2) is 23.1 Å². The van der Waals surface area contributed by atoms with Crippen molar-refractivity contribution in [2.45, 2.75) is 18.2 Å². The van der Waals surface area contributed by atoms with Crippen molar-refractivity contribution in [1.82, 2.24) is 4.31 Å². The summed E-state index contributed by atoms with van der Waals surface area (Å²) in [5.41, 5.74) is -1.05. The van der Waals surface area contributed by atoms with Gasteiger partial charge in [0.15, 0.2) is 0 Å². The van der Waals surface area contributed by atoms with E-state index < -0.39 is 21.4 Å². The molecule has 2 rings (SSSR count). The lowest BCUT2D eigenvalue weighted by Gasteiger charge is -2.20. The molecule has 1 N–H and O–H groups in total. The van der Waals surface area contributed by atoms with Crippen LogP contribution >= 0.6 is 11.6 Å². The van der Waals surface area contributed by atoms with Gasteiger partial charge in [0.1, 0.15) is 5.75 Å². The van der Waals surface area contributed by atoms with E-state index in [0.717, 1.165) is 0 Å². The Bertz CT molecular complexity index is 675. The summed E-state index contributed by atoms with van der Waals surface area (Å²) in [5.74, 6) is -0.611. The van der Waals surface area contributed by atoms with E-state index in [1.165, 1.54) is 29.6 Å². The van der Waals surface area contributed by atoms with Crippen LogP contribution in [0.5, 0.6) is 5.75 Å². The van der Waals surface area contributed by atoms with Gasteiger partial charge < -0.3 is 9.84 Å². The van der Waals surface area contributed by atoms with Gasteiger partial charge in [-0.2, -0.15) is 4.31 Å². The predicted molar refractivity (Wildman–Crippen MR) is 77.1 cm³/mol. The molecule has 21 heavy (non-hydrogen) atoms. The van der Waals surface area contributed by atoms with Gasteiger partial charge in [-0.3, -0.25) is 4.79 Å². The van der Waals surface area contributed by atoms with E-state index in [-0.39, 0.29) is 29.4 Å². The highest BCUT2D eigenvalue weighted by molar-refractivity contribution is 7.89. The molecule has 1 fully saturated rings. The minimum Gasteiger partial charge on any atom is -0.495 e. The molecule has 1 aliphatic heterocycles. The van der Waals surface area contributed by atoms with Crippen molar-refractivity contribution >= 4 is 27.6 Å². The first kappa shape index (κ1) is 16.1. The minimum absolute atomic E-state index is 0.0305. The van der Waals surface area contributed by atoms with Crippen molar-refractivity contribution < 1.29 is 23.1 Å². The lowest BCUT2D eigenvalue weighted by atomic mass is 9.90. The largest absolute Gasteiger partial charge is 0.495 e. The maximum absolute atomic E-state index is 12.5. The molecule has 0 aromatic heterocycles. The molecule has 1 aromatic carbocycles. The highest BCUT2D eigenvalue weighted by atomic mass is 35.5. The van der Waals surface area contributed by atoms with Crippen LogP contribution in [-0.2, 0) is 14.8 Å². The topological polar surface area (TPSA) is 83.9 Å². The second-order valence-corrected chi connectivity index (χ2v) is 7.60. The number of ether oxygens (including phenoxy) is 1. The summed E-state index contributed by atoms with van der Waals surface area (Å²) < 4.78 is 31.2. The highest BCUT2D eigenvalue weighted by Gasteiger charge is 2.44. The summed E-state index contributed by atoms with van der Waals surface area (Å²) in [5, 5.41) is 9.37. The van der Waals surface area contributed by atoms with Crippen LogP contribution in [0.25, 0.3) is 0 Å². The minimum atomic E-state index is -3.76. The Morgan fingerprint density at radius 2 is 2.14 bits per heavy atom. The molecule has 6 nitrogen and oxygen atoms in total. The number of nitrogens with zero attached hydrogens (tertiary/aromatic N) is 1. The Hall–Kier alpha value is -1.31. The Morgan fingerprint density at radius 1 is 1.48 bits per heavy atom. The summed E-state index contributed by atoms with van der Waals surface area (Å²) in [6.07, 6.45) is 0.283. The summed E-state index contributed by atoms with van der Waals surface area (Å²) in [6.45, 7) is 1.68. The van der Waals surface area contributed by atoms with E-state index in [1.807, 2.05) is 0 Å². The van der Waals surface area contributed by atoms with Gasteiger partial charge in [0, 0.05) is 13.1 Å². The molecule has 116 valence electrons. The first-order chi connectivity index (χ1) is 9.70. The number of rotatable bonds is 4. The number of carboxylic acids is 1. The molecule has 1 unspecified atom stereocenters. The molecule has 0 aliphatic carbocycles. The lowest BCUT2D eigenvalue weighted by Crippen LogP contribution is -2.34. The lowest BCUT2D eigenvalue weighted by molar-refractivity contribution is -0.146. The van der Waals surface area contributed by atoms with Gasteiger partial charge in [-0.05, 0) is 31.5 Å². The molecule has 0 bridgehead atoms. The van der Waals surface area contributed by atoms with E-state index >= 15 is 0 Å². The van der Waals surface area contributed by atoms with E-state index in [0.29, 0.717) is 5.75 Å². The molecule has 1 atom stereocenters. The van der Waals surface area contributed by atoms with Gasteiger partial charge in [0.25, 0.3) is 0 Å². The van der Waals surface area contributed by atoms with Gasteiger partial charge in [-0.25, -0.2) is 8.42 Å². The number of aliphatic carboxylic acids is 1. The fraction of sp³-hybridized carbons (Fsp3) is 0.462. The van der Waals surface area contributed by atoms with Crippen molar-refractivity contribution in [2.75, 3.05) is 20.2 Å². The molecule has 0 amide bonds. The molecule has 0 spiro atoms. The Labute approximate surface area is 128 Å². The Morgan fingerprint density at radius 3 is 2.62 bits per heavy atom. The Balaban J connectivity index is 2.32. The molecule has 1 saturated heterocycles. The number of sulfonamides is 1. The van der Waals surface area contributed by atoms with Gasteiger partial charge in [0.05, 0.1) is 22.4 Å². The average Bonchev–Trinajstić information content (AvgIpc) is 2.83. The van der Waals surface area contributed by atoms with Gasteiger partial charge >= 0.3 is 5.97 Å². The van der Waals surface area contributed by atoms with Crippen molar-refractivity contribution in [3.05, 3.63) is 23.2 Å². The standard InChI is InChI=1S/C13H16ClNO5S/c1-13(12(16)17)5-6-15(8-13)21(18,19)9-3-4-11(20-2)10(14)7-9/h3-4,7H,5-6,8H2,1-2H3,(H,16,17). The number of hydrogen-bond acceptors (Lipinski definition) is 4. The monoisotopic (exact) mass is 333 g/mol. The zero-order valence-electron chi connectivity index (χ0n) is 11.7. The number of benzene rings is 1. The number of halogens is 1. The third-order valence-corrected chi connectivity index (χ3v) is 5.85. The number of hydrogen-bond donors (Lipinski definition) is 1. The normalized spacial score (nSPS) is 23.2. The van der Waals surface area contributed by atoms with Gasteiger partial charge in [0.2, 0.25) is 10.0 Å². The fourth-order valence-electron chi connectivity index (χ4n) is 2.26. The van der Waals surface area contributed by atoms with Crippen molar-refractivity contribution in [2.24, 2.45) is 5.41 Å². The zero-order valence-corrected chi connectivity index (χ0v) is 13.2.